The van der Waals surface area contributed by atoms with Crippen LogP contribution in [-0.4, -0.2) is 12.1 Å². The van der Waals surface area contributed by atoms with Gasteiger partial charge in [-0.1, -0.05) is 36.8 Å². The van der Waals surface area contributed by atoms with Gasteiger partial charge < -0.3 is 10.1 Å². The summed E-state index contributed by atoms with van der Waals surface area (Å²) >= 11 is 0. The number of benzene rings is 1. The van der Waals surface area contributed by atoms with Crippen molar-refractivity contribution in [3.63, 3.8) is 0 Å². The number of allylic oxidation sites excluding steroid dienone is 1. The van der Waals surface area contributed by atoms with Crippen molar-refractivity contribution in [2.45, 2.75) is 33.4 Å². The lowest BCUT2D eigenvalue weighted by molar-refractivity contribution is -0.122. The Kier molecular flexibility index (Phi) is 4.05. The summed E-state index contributed by atoms with van der Waals surface area (Å²) in [4.78, 5) is 11.5. The molecule has 0 bridgehead atoms. The standard InChI is InChI=1S/C16H19NO2/c1-4-12-10-14(13-8-6-7-11(3)9-13)19-16(12)17-15(18)5-2/h4,6-10,16H,5H2,1-3H3,(H,17,18)/b12-4-. The summed E-state index contributed by atoms with van der Waals surface area (Å²) in [6.07, 6.45) is 4.03. The van der Waals surface area contributed by atoms with E-state index in [0.717, 1.165) is 16.9 Å². The van der Waals surface area contributed by atoms with E-state index in [2.05, 4.69) is 11.4 Å². The van der Waals surface area contributed by atoms with Gasteiger partial charge in [-0.05, 0) is 26.0 Å². The summed E-state index contributed by atoms with van der Waals surface area (Å²) in [6.45, 7) is 5.82. The van der Waals surface area contributed by atoms with Crippen molar-refractivity contribution in [2.75, 3.05) is 0 Å². The molecule has 1 aromatic carbocycles. The highest BCUT2D eigenvalue weighted by atomic mass is 16.5. The fourth-order valence-corrected chi connectivity index (χ4v) is 2.00. The minimum absolute atomic E-state index is 0.0109. The first-order valence-corrected chi connectivity index (χ1v) is 6.55. The molecule has 100 valence electrons. The lowest BCUT2D eigenvalue weighted by Gasteiger charge is -2.16. The molecule has 2 rings (SSSR count). The maximum absolute atomic E-state index is 11.5. The monoisotopic (exact) mass is 257 g/mol. The predicted octanol–water partition coefficient (Wildman–Crippen LogP) is 3.16. The van der Waals surface area contributed by atoms with Crippen LogP contribution < -0.4 is 5.32 Å². The molecule has 3 heteroatoms. The maximum Gasteiger partial charge on any atom is 0.222 e. The smallest absolute Gasteiger partial charge is 0.222 e. The van der Waals surface area contributed by atoms with Gasteiger partial charge >= 0.3 is 0 Å². The highest BCUT2D eigenvalue weighted by Gasteiger charge is 2.24. The number of carbonyl (C=O) groups excluding carboxylic acids is 1. The molecule has 1 atom stereocenters. The van der Waals surface area contributed by atoms with Gasteiger partial charge in [0.25, 0.3) is 0 Å². The van der Waals surface area contributed by atoms with Crippen LogP contribution >= 0.6 is 0 Å². The van der Waals surface area contributed by atoms with Crippen LogP contribution in [0.3, 0.4) is 0 Å². The molecule has 1 unspecified atom stereocenters. The summed E-state index contributed by atoms with van der Waals surface area (Å²) in [7, 11) is 0. The molecule has 3 nitrogen and oxygen atoms in total. The van der Waals surface area contributed by atoms with E-state index >= 15 is 0 Å². The third-order valence-corrected chi connectivity index (χ3v) is 3.09. The molecule has 1 N–H and O–H groups in total. The van der Waals surface area contributed by atoms with Crippen LogP contribution in [0.15, 0.2) is 42.0 Å². The number of ether oxygens (including phenoxy) is 1. The predicted molar refractivity (Wildman–Crippen MR) is 76.2 cm³/mol. The summed E-state index contributed by atoms with van der Waals surface area (Å²) in [5.74, 6) is 0.793. The lowest BCUT2D eigenvalue weighted by atomic mass is 10.1. The third-order valence-electron chi connectivity index (χ3n) is 3.09. The molecule has 0 radical (unpaired) electrons. The van der Waals surface area contributed by atoms with E-state index in [-0.39, 0.29) is 12.1 Å². The van der Waals surface area contributed by atoms with Crippen molar-refractivity contribution in [3.8, 4) is 0 Å². The van der Waals surface area contributed by atoms with Crippen LogP contribution in [0.25, 0.3) is 5.76 Å². The first kappa shape index (κ1) is 13.4. The van der Waals surface area contributed by atoms with Gasteiger partial charge in [-0.2, -0.15) is 0 Å². The second kappa shape index (κ2) is 5.74. The highest BCUT2D eigenvalue weighted by molar-refractivity contribution is 5.77. The molecule has 0 saturated carbocycles. The summed E-state index contributed by atoms with van der Waals surface area (Å²) < 4.78 is 5.84. The van der Waals surface area contributed by atoms with Crippen LogP contribution in [0.1, 0.15) is 31.4 Å². The van der Waals surface area contributed by atoms with Crippen LogP contribution in [0.2, 0.25) is 0 Å². The molecule has 1 aliphatic heterocycles. The molecule has 0 aliphatic carbocycles. The Morgan fingerprint density at radius 2 is 2.26 bits per heavy atom. The lowest BCUT2D eigenvalue weighted by Crippen LogP contribution is -2.35. The van der Waals surface area contributed by atoms with Gasteiger partial charge in [-0.15, -0.1) is 0 Å². The Morgan fingerprint density at radius 1 is 1.47 bits per heavy atom. The molecule has 1 amide bonds. The maximum atomic E-state index is 11.5. The average molecular weight is 257 g/mol. The number of hydrogen-bond acceptors (Lipinski definition) is 2. The largest absolute Gasteiger partial charge is 0.466 e. The molecular formula is C16H19NO2. The van der Waals surface area contributed by atoms with E-state index in [1.165, 1.54) is 5.56 Å². The van der Waals surface area contributed by atoms with E-state index in [4.69, 9.17) is 4.74 Å². The fraction of sp³-hybridized carbons (Fsp3) is 0.312. The molecule has 0 aromatic heterocycles. The number of nitrogens with one attached hydrogen (secondary N) is 1. The van der Waals surface area contributed by atoms with Gasteiger partial charge in [0.1, 0.15) is 5.76 Å². The first-order valence-electron chi connectivity index (χ1n) is 6.55. The Labute approximate surface area is 114 Å². The van der Waals surface area contributed by atoms with Crippen LogP contribution in [-0.2, 0) is 9.53 Å². The van der Waals surface area contributed by atoms with Gasteiger partial charge in [0.2, 0.25) is 5.91 Å². The van der Waals surface area contributed by atoms with Gasteiger partial charge in [-0.25, -0.2) is 0 Å². The van der Waals surface area contributed by atoms with E-state index in [0.29, 0.717) is 6.42 Å². The fourth-order valence-electron chi connectivity index (χ4n) is 2.00. The quantitative estimate of drug-likeness (QED) is 0.903. The van der Waals surface area contributed by atoms with Crippen molar-refractivity contribution >= 4 is 11.7 Å². The Morgan fingerprint density at radius 3 is 2.89 bits per heavy atom. The average Bonchev–Trinajstić information content (AvgIpc) is 2.81. The van der Waals surface area contributed by atoms with Crippen molar-refractivity contribution in [1.29, 1.82) is 0 Å². The molecule has 0 saturated heterocycles. The molecule has 1 aliphatic rings. The van der Waals surface area contributed by atoms with Crippen molar-refractivity contribution in [3.05, 3.63) is 53.1 Å². The first-order chi connectivity index (χ1) is 9.13. The summed E-state index contributed by atoms with van der Waals surface area (Å²) in [6, 6.07) is 8.13. The second-order valence-electron chi connectivity index (χ2n) is 4.59. The topological polar surface area (TPSA) is 38.3 Å². The van der Waals surface area contributed by atoms with Gasteiger partial charge in [0.05, 0.1) is 0 Å². The highest BCUT2D eigenvalue weighted by Crippen LogP contribution is 2.29. The van der Waals surface area contributed by atoms with E-state index in [1.807, 2.05) is 51.1 Å². The van der Waals surface area contributed by atoms with Crippen LogP contribution in [0.4, 0.5) is 0 Å². The van der Waals surface area contributed by atoms with Crippen molar-refractivity contribution < 1.29 is 9.53 Å². The van der Waals surface area contributed by atoms with Crippen LogP contribution in [0, 0.1) is 6.92 Å². The molecular weight excluding hydrogens is 238 g/mol. The summed E-state index contributed by atoms with van der Waals surface area (Å²) in [5, 5.41) is 2.86. The Hall–Kier alpha value is -2.03. The zero-order chi connectivity index (χ0) is 13.8. The van der Waals surface area contributed by atoms with Gasteiger partial charge in [0, 0.05) is 17.6 Å². The molecule has 0 spiro atoms. The third kappa shape index (κ3) is 3.05. The number of carbonyl (C=O) groups is 1. The molecule has 1 aromatic rings. The van der Waals surface area contributed by atoms with Gasteiger partial charge in [0.15, 0.2) is 6.23 Å². The van der Waals surface area contributed by atoms with Crippen LogP contribution in [0.5, 0.6) is 0 Å². The number of amides is 1. The van der Waals surface area contributed by atoms with E-state index < -0.39 is 0 Å². The molecule has 0 fully saturated rings. The number of aryl methyl sites for hydroxylation is 1. The SMILES string of the molecule is C/C=C1/C=C(c2cccc(C)c2)OC1NC(=O)CC. The summed E-state index contributed by atoms with van der Waals surface area (Å²) in [5.41, 5.74) is 3.20. The molecule has 19 heavy (non-hydrogen) atoms. The number of rotatable bonds is 3. The minimum Gasteiger partial charge on any atom is -0.466 e. The van der Waals surface area contributed by atoms with E-state index in [1.54, 1.807) is 0 Å². The molecule has 1 heterocycles. The van der Waals surface area contributed by atoms with E-state index in [9.17, 15) is 4.79 Å². The van der Waals surface area contributed by atoms with Crippen molar-refractivity contribution in [1.82, 2.24) is 5.32 Å². The van der Waals surface area contributed by atoms with Crippen molar-refractivity contribution in [2.24, 2.45) is 0 Å². The zero-order valence-corrected chi connectivity index (χ0v) is 11.6. The normalized spacial score (nSPS) is 20.1. The van der Waals surface area contributed by atoms with Gasteiger partial charge in [-0.3, -0.25) is 4.79 Å². The second-order valence-corrected chi connectivity index (χ2v) is 4.59. The zero-order valence-electron chi connectivity index (χ0n) is 11.6. The Balaban J connectivity index is 2.19. The minimum atomic E-state index is -0.368. The number of hydrogen-bond donors (Lipinski definition) is 1. The Bertz CT molecular complexity index is 543.